The molecule has 3 radical (unpaired) electrons. The van der Waals surface area contributed by atoms with Crippen LogP contribution in [0.5, 0.6) is 0 Å². The van der Waals surface area contributed by atoms with Crippen LogP contribution in [0.15, 0.2) is 0 Å². The van der Waals surface area contributed by atoms with Crippen molar-refractivity contribution in [3.05, 3.63) is 0 Å². The van der Waals surface area contributed by atoms with E-state index in [9.17, 15) is 0 Å². The molecule has 0 aliphatic heterocycles. The summed E-state index contributed by atoms with van der Waals surface area (Å²) in [5.74, 6) is 0. The SMILES string of the molecule is [Gd].[Ni].[SbH2].[SnH2]. The Hall–Kier alpha value is 3.44. The Morgan fingerprint density at radius 1 is 1.00 bits per heavy atom. The van der Waals surface area contributed by atoms with E-state index in [0.29, 0.717) is 0 Å². The first-order valence-corrected chi connectivity index (χ1v) is 0. The van der Waals surface area contributed by atoms with Gasteiger partial charge in [0.25, 0.3) is 0 Å². The quantitative estimate of drug-likeness (QED) is 0.373. The van der Waals surface area contributed by atoms with Crippen molar-refractivity contribution >= 4 is 48.3 Å². The number of hydrogen-bond donors (Lipinski definition) is 0. The van der Waals surface area contributed by atoms with Crippen molar-refractivity contribution in [2.75, 3.05) is 0 Å². The fourth-order valence-corrected chi connectivity index (χ4v) is 0. The van der Waals surface area contributed by atoms with E-state index in [2.05, 4.69) is 0 Å². The van der Waals surface area contributed by atoms with Crippen molar-refractivity contribution in [2.45, 2.75) is 0 Å². The first kappa shape index (κ1) is 26.1. The van der Waals surface area contributed by atoms with Gasteiger partial charge < -0.3 is 0 Å². The van der Waals surface area contributed by atoms with Gasteiger partial charge >= 0.3 is 48.3 Å². The zero-order valence-corrected chi connectivity index (χ0v) is 12.5. The molecule has 0 spiro atoms. The monoisotopic (exact) mass is 461 g/mol. The molecule has 0 amide bonds. The van der Waals surface area contributed by atoms with Gasteiger partial charge in [-0.15, -0.1) is 0 Å². The number of hydrogen-bond acceptors (Lipinski definition) is 0. The van der Waals surface area contributed by atoms with E-state index in [-0.39, 0.29) is 105 Å². The van der Waals surface area contributed by atoms with Crippen LogP contribution in [0.1, 0.15) is 0 Å². The predicted octanol–water partition coefficient (Wildman–Crippen LogP) is -1.83. The van der Waals surface area contributed by atoms with Crippen LogP contribution in [-0.4, -0.2) is 48.3 Å². The summed E-state index contributed by atoms with van der Waals surface area (Å²) in [5.41, 5.74) is 0. The minimum absolute atomic E-state index is 0. The van der Waals surface area contributed by atoms with Crippen LogP contribution in [0.25, 0.3) is 0 Å². The van der Waals surface area contributed by atoms with Crippen LogP contribution in [0, 0.1) is 39.9 Å². The molecule has 4 heavy (non-hydrogen) atoms. The molecule has 0 aliphatic carbocycles. The van der Waals surface area contributed by atoms with Crippen molar-refractivity contribution in [1.82, 2.24) is 0 Å². The number of rotatable bonds is 0. The summed E-state index contributed by atoms with van der Waals surface area (Å²) in [4.78, 5) is 0. The van der Waals surface area contributed by atoms with E-state index in [0.717, 1.165) is 0 Å². The predicted molar refractivity (Wildman–Crippen MR) is 17.1 cm³/mol. The van der Waals surface area contributed by atoms with E-state index >= 15 is 0 Å². The van der Waals surface area contributed by atoms with Gasteiger partial charge in [0.1, 0.15) is 0 Å². The van der Waals surface area contributed by atoms with Crippen molar-refractivity contribution in [2.24, 2.45) is 0 Å². The van der Waals surface area contributed by atoms with Crippen LogP contribution in [0.4, 0.5) is 0 Å². The third kappa shape index (κ3) is 9.06. The topological polar surface area (TPSA) is 0 Å². The van der Waals surface area contributed by atoms with Crippen molar-refractivity contribution < 1.29 is 56.4 Å². The molecule has 0 bridgehead atoms. The summed E-state index contributed by atoms with van der Waals surface area (Å²) in [6, 6.07) is 0. The molecule has 0 aromatic heterocycles. The molecule has 0 saturated heterocycles. The second-order valence-corrected chi connectivity index (χ2v) is 0. The molecule has 0 nitrogen and oxygen atoms in total. The molecule has 4 heteroatoms. The van der Waals surface area contributed by atoms with Crippen molar-refractivity contribution in [3.8, 4) is 0 Å². The molecule has 0 aliphatic rings. The Labute approximate surface area is 102 Å². The zero-order valence-electron chi connectivity index (χ0n) is 1.95. The molecule has 0 saturated carbocycles. The summed E-state index contributed by atoms with van der Waals surface area (Å²) in [5, 5.41) is 0. The molecule has 0 unspecified atom stereocenters. The van der Waals surface area contributed by atoms with Gasteiger partial charge in [-0.25, -0.2) is 0 Å². The van der Waals surface area contributed by atoms with Gasteiger partial charge in [-0.3, -0.25) is 0 Å². The first-order valence-electron chi connectivity index (χ1n) is 0. The Morgan fingerprint density at radius 2 is 1.00 bits per heavy atom. The molecule has 0 rings (SSSR count). The Morgan fingerprint density at radius 3 is 1.00 bits per heavy atom. The van der Waals surface area contributed by atoms with Crippen LogP contribution < -0.4 is 0 Å². The second-order valence-electron chi connectivity index (χ2n) is 0. The summed E-state index contributed by atoms with van der Waals surface area (Å²) < 4.78 is 0. The van der Waals surface area contributed by atoms with Crippen molar-refractivity contribution in [3.63, 3.8) is 0 Å². The zero-order chi connectivity index (χ0) is 0. The minimum atomic E-state index is 0. The molecule has 0 fully saturated rings. The summed E-state index contributed by atoms with van der Waals surface area (Å²) in [7, 11) is 0. The first-order chi connectivity index (χ1) is 0. The fourth-order valence-electron chi connectivity index (χ4n) is 0. The van der Waals surface area contributed by atoms with Gasteiger partial charge in [-0.2, -0.15) is 0 Å². The van der Waals surface area contributed by atoms with Gasteiger partial charge in [-0.1, -0.05) is 0 Å². The summed E-state index contributed by atoms with van der Waals surface area (Å²) in [6.07, 6.45) is 0. The normalized spacial score (nSPS) is 0. The summed E-state index contributed by atoms with van der Waals surface area (Å²) >= 11 is 0. The standard InChI is InChI=1S/Gd.Ni.Sb.Sn.4H. The Balaban J connectivity index is 0. The van der Waals surface area contributed by atoms with Crippen LogP contribution in [0.3, 0.4) is 0 Å². The fraction of sp³-hybridized carbons (Fsp3) is 0. The average molecular weight is 460 g/mol. The molecule has 0 aromatic carbocycles. The van der Waals surface area contributed by atoms with E-state index in [1.54, 1.807) is 0 Å². The molecule has 0 aromatic rings. The van der Waals surface area contributed by atoms with Crippen LogP contribution >= 0.6 is 0 Å². The van der Waals surface area contributed by atoms with E-state index in [1.807, 2.05) is 0 Å². The van der Waals surface area contributed by atoms with Crippen molar-refractivity contribution in [1.29, 1.82) is 0 Å². The van der Waals surface area contributed by atoms with Gasteiger partial charge in [0.2, 0.25) is 0 Å². The van der Waals surface area contributed by atoms with E-state index in [1.165, 1.54) is 0 Å². The van der Waals surface area contributed by atoms with Gasteiger partial charge in [0.15, 0.2) is 0 Å². The third-order valence-electron chi connectivity index (χ3n) is 0. The Bertz CT molecular complexity index is 8.00. The van der Waals surface area contributed by atoms with Crippen LogP contribution in [0.2, 0.25) is 0 Å². The van der Waals surface area contributed by atoms with Gasteiger partial charge in [-0.05, 0) is 0 Å². The molecule has 0 N–H and O–H groups in total. The average Bonchev–Trinajstić information content (AvgIpc) is 0. The molecule has 0 heterocycles. The van der Waals surface area contributed by atoms with E-state index in [4.69, 9.17) is 0 Å². The van der Waals surface area contributed by atoms with Gasteiger partial charge in [0.05, 0.1) is 0 Å². The Kier molecular flexibility index (Phi) is 105. The molecule has 31 valence electrons. The maximum absolute atomic E-state index is 0. The van der Waals surface area contributed by atoms with Gasteiger partial charge in [0, 0.05) is 56.4 Å². The maximum atomic E-state index is 0. The molecular formula is H4GdNiSbSn. The molecule has 0 atom stereocenters. The third-order valence-corrected chi connectivity index (χ3v) is 0. The second kappa shape index (κ2) is 16.1. The van der Waals surface area contributed by atoms with E-state index < -0.39 is 0 Å². The molecular weight excluding hydrogens is 456 g/mol. The summed E-state index contributed by atoms with van der Waals surface area (Å²) in [6.45, 7) is 0. The van der Waals surface area contributed by atoms with Crippen LogP contribution in [-0.2, 0) is 16.5 Å².